The average Bonchev–Trinajstić information content (AvgIpc) is 2.67. The van der Waals surface area contributed by atoms with Gasteiger partial charge in [0.2, 0.25) is 0 Å². The molecule has 2 rings (SSSR count). The molecule has 0 N–H and O–H groups in total. The third kappa shape index (κ3) is 2.50. The van der Waals surface area contributed by atoms with Crippen LogP contribution in [0.5, 0.6) is 0 Å². The quantitative estimate of drug-likeness (QED) is 0.743. The highest BCUT2D eigenvalue weighted by Gasteiger charge is 2.01. The third-order valence-corrected chi connectivity index (χ3v) is 2.90. The van der Waals surface area contributed by atoms with Gasteiger partial charge in [-0.2, -0.15) is 0 Å². The van der Waals surface area contributed by atoms with E-state index in [9.17, 15) is 4.39 Å². The molecule has 2 heterocycles. The Morgan fingerprint density at radius 3 is 2.87 bits per heavy atom. The zero-order valence-corrected chi connectivity index (χ0v) is 8.80. The monoisotopic (exact) mass is 218 g/mol. The maximum absolute atomic E-state index is 12.5. The summed E-state index contributed by atoms with van der Waals surface area (Å²) in [4.78, 5) is 6.10. The van der Waals surface area contributed by atoms with E-state index in [1.807, 2.05) is 30.3 Å². The van der Waals surface area contributed by atoms with Crippen LogP contribution in [0.3, 0.4) is 0 Å². The van der Waals surface area contributed by atoms with Crippen molar-refractivity contribution in [2.75, 3.05) is 0 Å². The zero-order chi connectivity index (χ0) is 10.7. The fourth-order valence-electron chi connectivity index (χ4n) is 1.23. The van der Waals surface area contributed by atoms with Crippen molar-refractivity contribution >= 4 is 17.4 Å². The van der Waals surface area contributed by atoms with Crippen molar-refractivity contribution < 1.29 is 4.39 Å². The number of rotatable bonds is 2. The lowest BCUT2D eigenvalue weighted by molar-refractivity contribution is 0.673. The van der Waals surface area contributed by atoms with E-state index in [1.54, 1.807) is 6.20 Å². The Labute approximate surface area is 91.9 Å². The molecule has 1 nitrogen and oxygen atoms in total. The van der Waals surface area contributed by atoms with Gasteiger partial charge in [-0.05, 0) is 30.3 Å². The zero-order valence-electron chi connectivity index (χ0n) is 7.98. The Hall–Kier alpha value is -1.48. The molecule has 0 spiro atoms. The first-order valence-electron chi connectivity index (χ1n) is 4.46. The number of hydrogen-bond acceptors (Lipinski definition) is 2. The summed E-state index contributed by atoms with van der Waals surface area (Å²) in [6, 6.07) is 9.52. The number of hydrogen-bond donors (Lipinski definition) is 0. The second kappa shape index (κ2) is 4.36. The van der Waals surface area contributed by atoms with Gasteiger partial charge in [-0.1, -0.05) is 6.07 Å². The molecule has 0 aromatic carbocycles. The molecule has 2 aromatic rings. The molecule has 2 aromatic heterocycles. The van der Waals surface area contributed by atoms with Gasteiger partial charge >= 0.3 is 0 Å². The lowest BCUT2D eigenvalue weighted by atomic mass is 10.3. The van der Waals surface area contributed by atoms with E-state index in [-0.39, 0.29) is 0 Å². The Bertz CT molecular complexity index is 469. The maximum Gasteiger partial charge on any atom is 0.102 e. The molecule has 0 amide bonds. The van der Waals surface area contributed by atoms with Gasteiger partial charge in [0, 0.05) is 18.0 Å². The summed E-state index contributed by atoms with van der Waals surface area (Å²) in [6.45, 7) is 3.20. The van der Waals surface area contributed by atoms with Crippen molar-refractivity contribution in [1.29, 1.82) is 0 Å². The molecule has 1 radical (unpaired) electrons. The summed E-state index contributed by atoms with van der Waals surface area (Å²) in [5, 5.41) is 0. The largest absolute Gasteiger partial charge is 0.255 e. The van der Waals surface area contributed by atoms with E-state index in [0.29, 0.717) is 0 Å². The van der Waals surface area contributed by atoms with Crippen LogP contribution in [0, 0.1) is 6.92 Å². The van der Waals surface area contributed by atoms with Crippen molar-refractivity contribution in [2.24, 2.45) is 0 Å². The topological polar surface area (TPSA) is 12.9 Å². The first-order valence-corrected chi connectivity index (χ1v) is 5.28. The van der Waals surface area contributed by atoms with E-state index in [2.05, 4.69) is 11.9 Å². The maximum atomic E-state index is 12.5. The number of allylic oxidation sites excluding steroid dienone is 1. The van der Waals surface area contributed by atoms with E-state index < -0.39 is 5.83 Å². The smallest absolute Gasteiger partial charge is 0.102 e. The van der Waals surface area contributed by atoms with Gasteiger partial charge in [-0.3, -0.25) is 4.98 Å². The van der Waals surface area contributed by atoms with Crippen LogP contribution in [-0.4, -0.2) is 4.98 Å². The minimum absolute atomic E-state index is 0.426. The molecule has 0 aliphatic heterocycles. The fraction of sp³-hybridized carbons (Fsp3) is 0. The molecule has 0 aliphatic rings. The number of nitrogens with zero attached hydrogens (tertiary/aromatic N) is 1. The molecule has 0 fully saturated rings. The predicted octanol–water partition coefficient (Wildman–Crippen LogP) is 3.95. The van der Waals surface area contributed by atoms with Crippen molar-refractivity contribution in [2.45, 2.75) is 0 Å². The molecule has 0 saturated heterocycles. The second-order valence-corrected chi connectivity index (χ2v) is 4.12. The van der Waals surface area contributed by atoms with Crippen molar-refractivity contribution in [3.63, 3.8) is 0 Å². The van der Waals surface area contributed by atoms with Crippen molar-refractivity contribution in [3.8, 4) is 10.6 Å². The van der Waals surface area contributed by atoms with Gasteiger partial charge in [-0.25, -0.2) is 4.39 Å². The fourth-order valence-corrected chi connectivity index (χ4v) is 2.17. The van der Waals surface area contributed by atoms with Crippen LogP contribution in [0.25, 0.3) is 16.6 Å². The number of aromatic nitrogens is 1. The predicted molar refractivity (Wildman–Crippen MR) is 62.0 cm³/mol. The van der Waals surface area contributed by atoms with Gasteiger partial charge in [0.1, 0.15) is 5.83 Å². The highest BCUT2D eigenvalue weighted by atomic mass is 32.1. The summed E-state index contributed by atoms with van der Waals surface area (Å²) >= 11 is 1.50. The van der Waals surface area contributed by atoms with Crippen LogP contribution in [0.2, 0.25) is 0 Å². The SMILES string of the molecule is [CH2]/C(F)=C/c1ccc(-c2ccccn2)s1. The minimum Gasteiger partial charge on any atom is -0.255 e. The van der Waals surface area contributed by atoms with E-state index in [0.717, 1.165) is 15.4 Å². The summed E-state index contributed by atoms with van der Waals surface area (Å²) in [5.41, 5.74) is 0.909. The van der Waals surface area contributed by atoms with Crippen LogP contribution in [0.1, 0.15) is 4.88 Å². The average molecular weight is 218 g/mol. The first-order chi connectivity index (χ1) is 7.25. The van der Waals surface area contributed by atoms with Crippen molar-refractivity contribution in [3.05, 3.63) is 54.2 Å². The van der Waals surface area contributed by atoms with Gasteiger partial charge in [0.05, 0.1) is 10.6 Å². The number of halogens is 1. The molecule has 75 valence electrons. The van der Waals surface area contributed by atoms with Gasteiger partial charge in [-0.15, -0.1) is 11.3 Å². The van der Waals surface area contributed by atoms with Crippen LogP contribution in [0.4, 0.5) is 4.39 Å². The molecular formula is C12H9FNS. The number of thiophene rings is 1. The molecule has 0 saturated carbocycles. The second-order valence-electron chi connectivity index (χ2n) is 3.01. The van der Waals surface area contributed by atoms with E-state index in [1.165, 1.54) is 17.4 Å². The van der Waals surface area contributed by atoms with Crippen LogP contribution in [-0.2, 0) is 0 Å². The van der Waals surface area contributed by atoms with Gasteiger partial charge in [0.15, 0.2) is 0 Å². The van der Waals surface area contributed by atoms with Gasteiger partial charge in [0.25, 0.3) is 0 Å². The van der Waals surface area contributed by atoms with Gasteiger partial charge < -0.3 is 0 Å². The number of pyridine rings is 1. The molecule has 0 aliphatic carbocycles. The van der Waals surface area contributed by atoms with E-state index >= 15 is 0 Å². The Morgan fingerprint density at radius 1 is 1.33 bits per heavy atom. The third-order valence-electron chi connectivity index (χ3n) is 1.84. The molecule has 3 heteroatoms. The molecule has 15 heavy (non-hydrogen) atoms. The summed E-state index contributed by atoms with van der Waals surface area (Å²) in [7, 11) is 0. The first kappa shape index (κ1) is 10.1. The Morgan fingerprint density at radius 2 is 2.20 bits per heavy atom. The lowest BCUT2D eigenvalue weighted by Crippen LogP contribution is -1.75. The highest BCUT2D eigenvalue weighted by molar-refractivity contribution is 7.16. The standard InChI is InChI=1S/C12H9FNS/c1-9(13)8-10-5-6-12(15-10)11-4-2-3-7-14-11/h2-8H,1H2/b9-8-. The van der Waals surface area contributed by atoms with Crippen LogP contribution in [0.15, 0.2) is 42.4 Å². The van der Waals surface area contributed by atoms with Crippen LogP contribution < -0.4 is 0 Å². The highest BCUT2D eigenvalue weighted by Crippen LogP contribution is 2.27. The molecule has 0 atom stereocenters. The van der Waals surface area contributed by atoms with Crippen LogP contribution >= 0.6 is 11.3 Å². The molecular weight excluding hydrogens is 209 g/mol. The summed E-state index contributed by atoms with van der Waals surface area (Å²) in [5.74, 6) is -0.426. The Kier molecular flexibility index (Phi) is 2.92. The summed E-state index contributed by atoms with van der Waals surface area (Å²) < 4.78 is 12.5. The lowest BCUT2D eigenvalue weighted by Gasteiger charge is -1.93. The Balaban J connectivity index is 2.32. The van der Waals surface area contributed by atoms with E-state index in [4.69, 9.17) is 0 Å². The minimum atomic E-state index is -0.426. The molecule has 0 bridgehead atoms. The molecule has 0 unspecified atom stereocenters. The normalized spacial score (nSPS) is 11.7. The summed E-state index contributed by atoms with van der Waals surface area (Å²) in [6.07, 6.45) is 3.16. The van der Waals surface area contributed by atoms with Crippen molar-refractivity contribution in [1.82, 2.24) is 4.98 Å².